The number of anilines is 2. The fourth-order valence-corrected chi connectivity index (χ4v) is 2.72. The van der Waals surface area contributed by atoms with Gasteiger partial charge >= 0.3 is 0 Å². The third-order valence-corrected chi connectivity index (χ3v) is 3.88. The smallest absolute Gasteiger partial charge is 0.251 e. The Kier molecular flexibility index (Phi) is 3.88. The summed E-state index contributed by atoms with van der Waals surface area (Å²) in [5.74, 6) is -0.820. The molecule has 0 aliphatic carbocycles. The van der Waals surface area contributed by atoms with Crippen molar-refractivity contribution >= 4 is 23.2 Å². The number of para-hydroxylation sites is 2. The first-order valence-electron chi connectivity index (χ1n) is 7.83. The van der Waals surface area contributed by atoms with Gasteiger partial charge in [-0.25, -0.2) is 4.39 Å². The highest BCUT2D eigenvalue weighted by atomic mass is 19.1. The van der Waals surface area contributed by atoms with Crippen LogP contribution in [0.15, 0.2) is 48.5 Å². The summed E-state index contributed by atoms with van der Waals surface area (Å²) < 4.78 is 13.3. The Hall–Kier alpha value is -3.62. The lowest BCUT2D eigenvalue weighted by atomic mass is 10.2. The van der Waals surface area contributed by atoms with Gasteiger partial charge in [-0.05, 0) is 29.5 Å². The van der Waals surface area contributed by atoms with Crippen LogP contribution >= 0.6 is 0 Å². The highest BCUT2D eigenvalue weighted by Crippen LogP contribution is 2.29. The molecule has 4 rings (SSSR count). The molecule has 0 atom stereocenters. The fourth-order valence-electron chi connectivity index (χ4n) is 2.72. The fraction of sp³-hybridized carbons (Fsp3) is 0.118. The first kappa shape index (κ1) is 15.9. The van der Waals surface area contributed by atoms with Crippen LogP contribution in [0.3, 0.4) is 0 Å². The molecule has 0 saturated carbocycles. The molecule has 0 bridgehead atoms. The molecule has 0 radical (unpaired) electrons. The summed E-state index contributed by atoms with van der Waals surface area (Å²) in [6.45, 7) is -0.273. The number of carbonyl (C=O) groups excluding carboxylic acids is 2. The third-order valence-electron chi connectivity index (χ3n) is 3.88. The molecule has 0 saturated heterocycles. The minimum atomic E-state index is -0.411. The molecule has 3 aromatic rings. The maximum absolute atomic E-state index is 13.3. The molecule has 26 heavy (non-hydrogen) atoms. The van der Waals surface area contributed by atoms with Crippen molar-refractivity contribution in [1.29, 1.82) is 0 Å². The van der Waals surface area contributed by atoms with Crippen LogP contribution in [0.4, 0.5) is 15.8 Å². The summed E-state index contributed by atoms with van der Waals surface area (Å²) in [4.78, 5) is 27.0. The lowest BCUT2D eigenvalue weighted by Crippen LogP contribution is -2.43. The molecule has 0 spiro atoms. The number of halogens is 1. The van der Waals surface area contributed by atoms with Gasteiger partial charge in [-0.15, -0.1) is 10.2 Å². The topological polar surface area (TPSA) is 93.0 Å². The summed E-state index contributed by atoms with van der Waals surface area (Å²) in [5.41, 5.74) is 1.65. The Morgan fingerprint density at radius 2 is 2.04 bits per heavy atom. The van der Waals surface area contributed by atoms with Gasteiger partial charge in [-0.3, -0.25) is 14.5 Å². The average molecular weight is 352 g/mol. The van der Waals surface area contributed by atoms with E-state index in [0.29, 0.717) is 16.9 Å². The molecule has 2 heterocycles. The Balaban J connectivity index is 1.55. The van der Waals surface area contributed by atoms with Crippen molar-refractivity contribution in [1.82, 2.24) is 20.2 Å². The Morgan fingerprint density at radius 3 is 2.88 bits per heavy atom. The number of nitrogens with zero attached hydrogens (tertiary/aromatic N) is 5. The quantitative estimate of drug-likeness (QED) is 0.770. The van der Waals surface area contributed by atoms with Crippen molar-refractivity contribution in [2.24, 2.45) is 0 Å². The van der Waals surface area contributed by atoms with E-state index in [9.17, 15) is 14.0 Å². The van der Waals surface area contributed by atoms with Gasteiger partial charge in [0.1, 0.15) is 18.9 Å². The second kappa shape index (κ2) is 6.36. The minimum Gasteiger partial charge on any atom is -0.323 e. The van der Waals surface area contributed by atoms with E-state index in [1.54, 1.807) is 36.4 Å². The monoisotopic (exact) mass is 352 g/mol. The summed E-state index contributed by atoms with van der Waals surface area (Å²) in [5, 5.41) is 14.5. The van der Waals surface area contributed by atoms with Crippen molar-refractivity contribution < 1.29 is 14.0 Å². The molecule has 2 aromatic carbocycles. The van der Waals surface area contributed by atoms with E-state index in [1.165, 1.54) is 17.0 Å². The average Bonchev–Trinajstić information content (AvgIpc) is 3.09. The van der Waals surface area contributed by atoms with Crippen molar-refractivity contribution in [2.75, 3.05) is 16.8 Å². The van der Waals surface area contributed by atoms with Crippen molar-refractivity contribution in [2.45, 2.75) is 6.54 Å². The van der Waals surface area contributed by atoms with Gasteiger partial charge in [0, 0.05) is 5.56 Å². The van der Waals surface area contributed by atoms with Crippen molar-refractivity contribution in [3.8, 4) is 11.4 Å². The first-order chi connectivity index (χ1) is 12.6. The number of nitrogens with one attached hydrogen (secondary N) is 1. The van der Waals surface area contributed by atoms with Crippen molar-refractivity contribution in [3.05, 3.63) is 54.3 Å². The number of benzene rings is 2. The van der Waals surface area contributed by atoms with E-state index >= 15 is 0 Å². The lowest BCUT2D eigenvalue weighted by molar-refractivity contribution is -0.122. The second-order valence-corrected chi connectivity index (χ2v) is 5.70. The van der Waals surface area contributed by atoms with E-state index in [1.807, 2.05) is 0 Å². The maximum Gasteiger partial charge on any atom is 0.251 e. The van der Waals surface area contributed by atoms with E-state index in [4.69, 9.17) is 0 Å². The molecular weight excluding hydrogens is 339 g/mol. The number of tetrazole rings is 1. The SMILES string of the molecule is O=C1CN(C(=O)Cn2nnc(-c3cccc(F)c3)n2)c2ccccc2N1. The zero-order chi connectivity index (χ0) is 18.1. The minimum absolute atomic E-state index is 0.0820. The predicted molar refractivity (Wildman–Crippen MR) is 90.6 cm³/mol. The number of hydrogen-bond acceptors (Lipinski definition) is 5. The molecule has 1 N–H and O–H groups in total. The number of hydrogen-bond donors (Lipinski definition) is 1. The zero-order valence-corrected chi connectivity index (χ0v) is 13.5. The summed E-state index contributed by atoms with van der Waals surface area (Å²) >= 11 is 0. The molecule has 0 unspecified atom stereocenters. The van der Waals surface area contributed by atoms with Gasteiger partial charge < -0.3 is 5.32 Å². The largest absolute Gasteiger partial charge is 0.323 e. The highest BCUT2D eigenvalue weighted by molar-refractivity contribution is 6.09. The van der Waals surface area contributed by atoms with Gasteiger partial charge in [-0.1, -0.05) is 24.3 Å². The number of rotatable bonds is 3. The Morgan fingerprint density at radius 1 is 1.19 bits per heavy atom. The van der Waals surface area contributed by atoms with Crippen LogP contribution in [-0.2, 0) is 16.1 Å². The maximum atomic E-state index is 13.3. The van der Waals surface area contributed by atoms with Gasteiger partial charge in [0.05, 0.1) is 11.4 Å². The van der Waals surface area contributed by atoms with Crippen LogP contribution in [0.5, 0.6) is 0 Å². The third kappa shape index (κ3) is 3.02. The first-order valence-corrected chi connectivity index (χ1v) is 7.83. The molecule has 0 fully saturated rings. The van der Waals surface area contributed by atoms with Gasteiger partial charge in [-0.2, -0.15) is 4.80 Å². The van der Waals surface area contributed by atoms with Gasteiger partial charge in [0.2, 0.25) is 11.7 Å². The van der Waals surface area contributed by atoms with E-state index < -0.39 is 5.82 Å². The van der Waals surface area contributed by atoms with E-state index in [0.717, 1.165) is 4.80 Å². The van der Waals surface area contributed by atoms with Crippen LogP contribution in [0.2, 0.25) is 0 Å². The van der Waals surface area contributed by atoms with Crippen LogP contribution < -0.4 is 10.2 Å². The number of fused-ring (bicyclic) bond motifs is 1. The summed E-state index contributed by atoms with van der Waals surface area (Å²) in [7, 11) is 0. The molecule has 130 valence electrons. The van der Waals surface area contributed by atoms with Gasteiger partial charge in [0.15, 0.2) is 0 Å². The normalized spacial score (nSPS) is 13.3. The zero-order valence-electron chi connectivity index (χ0n) is 13.5. The molecule has 1 aliphatic rings. The van der Waals surface area contributed by atoms with Crippen LogP contribution in [0.25, 0.3) is 11.4 Å². The summed E-state index contributed by atoms with van der Waals surface area (Å²) in [6.07, 6.45) is 0. The number of carbonyl (C=O) groups is 2. The van der Waals surface area contributed by atoms with Crippen LogP contribution in [-0.4, -0.2) is 38.6 Å². The van der Waals surface area contributed by atoms with Crippen LogP contribution in [0.1, 0.15) is 0 Å². The number of amides is 2. The highest BCUT2D eigenvalue weighted by Gasteiger charge is 2.27. The van der Waals surface area contributed by atoms with Gasteiger partial charge in [0.25, 0.3) is 5.91 Å². The molecule has 9 heteroatoms. The van der Waals surface area contributed by atoms with E-state index in [-0.39, 0.29) is 30.7 Å². The predicted octanol–water partition coefficient (Wildman–Crippen LogP) is 1.46. The lowest BCUT2D eigenvalue weighted by Gasteiger charge is -2.28. The number of aromatic nitrogens is 4. The molecule has 8 nitrogen and oxygen atoms in total. The van der Waals surface area contributed by atoms with E-state index in [2.05, 4.69) is 20.7 Å². The molecular formula is C17H13FN6O2. The molecule has 1 aliphatic heterocycles. The van der Waals surface area contributed by atoms with Crippen LogP contribution in [0, 0.1) is 5.82 Å². The Bertz CT molecular complexity index is 1000. The molecule has 2 amide bonds. The van der Waals surface area contributed by atoms with Crippen molar-refractivity contribution in [3.63, 3.8) is 0 Å². The standard InChI is InChI=1S/C17H13FN6O2/c18-12-5-3-4-11(8-12)17-20-22-24(21-17)10-16(26)23-9-15(25)19-13-6-1-2-7-14(13)23/h1-8H,9-10H2,(H,19,25). The Labute approximate surface area is 147 Å². The second-order valence-electron chi connectivity index (χ2n) is 5.70. The summed E-state index contributed by atoms with van der Waals surface area (Å²) in [6, 6.07) is 12.8. The molecule has 1 aromatic heterocycles.